The van der Waals surface area contributed by atoms with Gasteiger partial charge in [-0.05, 0) is 12.1 Å². The van der Waals surface area contributed by atoms with Crippen LogP contribution in [0.25, 0.3) is 0 Å². The number of amides is 2. The largest absolute Gasteiger partial charge is 0.296 e. The van der Waals surface area contributed by atoms with Crippen LogP contribution in [-0.4, -0.2) is 26.6 Å². The minimum Gasteiger partial charge on any atom is -0.267 e. The molecule has 0 aliphatic heterocycles. The third-order valence-electron chi connectivity index (χ3n) is 3.24. The van der Waals surface area contributed by atoms with Crippen molar-refractivity contribution in [2.24, 2.45) is 0 Å². The summed E-state index contributed by atoms with van der Waals surface area (Å²) in [5.41, 5.74) is -0.359. The Bertz CT molecular complexity index is 924. The van der Waals surface area contributed by atoms with E-state index in [4.69, 9.17) is 0 Å². The summed E-state index contributed by atoms with van der Waals surface area (Å²) in [7, 11) is 0. The first kappa shape index (κ1) is 18.9. The minimum atomic E-state index is -1.38. The summed E-state index contributed by atoms with van der Waals surface area (Å²) in [5.74, 6) is -2.16. The molecule has 13 nitrogen and oxygen atoms in total. The Labute approximate surface area is 149 Å². The molecule has 2 rings (SSSR count). The summed E-state index contributed by atoms with van der Waals surface area (Å²) < 4.78 is 0. The van der Waals surface area contributed by atoms with Crippen molar-refractivity contribution in [3.05, 3.63) is 83.9 Å². The zero-order valence-electron chi connectivity index (χ0n) is 13.1. The van der Waals surface area contributed by atoms with Crippen LogP contribution in [0.1, 0.15) is 20.7 Å². The van der Waals surface area contributed by atoms with Gasteiger partial charge in [-0.15, -0.1) is 0 Å². The number of nitro groups is 3. The molecule has 0 saturated heterocycles. The SMILES string of the molecule is O=C(NNC(=O)c1c([N+](=O)[O-])cc([N+](=O)[O-])cc1[N+](=O)[O-])c1ccccc1. The number of nitrogens with one attached hydrogen (secondary N) is 2. The summed E-state index contributed by atoms with van der Waals surface area (Å²) in [5, 5.41) is 33.1. The number of carbonyl (C=O) groups is 2. The highest BCUT2D eigenvalue weighted by molar-refractivity contribution is 6.04. The maximum atomic E-state index is 12.2. The molecule has 2 aromatic carbocycles. The minimum absolute atomic E-state index is 0.144. The quantitative estimate of drug-likeness (QED) is 0.580. The van der Waals surface area contributed by atoms with Crippen LogP contribution < -0.4 is 10.9 Å². The number of nitro benzene ring substituents is 3. The lowest BCUT2D eigenvalue weighted by Crippen LogP contribution is -2.42. The van der Waals surface area contributed by atoms with Crippen molar-refractivity contribution >= 4 is 28.9 Å². The Morgan fingerprint density at radius 3 is 1.67 bits per heavy atom. The summed E-state index contributed by atoms with van der Waals surface area (Å²) in [4.78, 5) is 53.7. The van der Waals surface area contributed by atoms with Crippen LogP contribution in [0.15, 0.2) is 42.5 Å². The van der Waals surface area contributed by atoms with Gasteiger partial charge in [-0.25, -0.2) is 0 Å². The summed E-state index contributed by atoms with van der Waals surface area (Å²) in [6.07, 6.45) is 0. The molecule has 0 bridgehead atoms. The Morgan fingerprint density at radius 1 is 0.741 bits per heavy atom. The van der Waals surface area contributed by atoms with E-state index in [1.165, 1.54) is 12.1 Å². The molecule has 138 valence electrons. The second kappa shape index (κ2) is 7.64. The maximum Gasteiger partial charge on any atom is 0.296 e. The van der Waals surface area contributed by atoms with E-state index in [2.05, 4.69) is 0 Å². The lowest BCUT2D eigenvalue weighted by molar-refractivity contribution is -0.403. The zero-order valence-corrected chi connectivity index (χ0v) is 13.1. The van der Waals surface area contributed by atoms with E-state index >= 15 is 0 Å². The topological polar surface area (TPSA) is 188 Å². The highest BCUT2D eigenvalue weighted by atomic mass is 16.6. The summed E-state index contributed by atoms with van der Waals surface area (Å²) >= 11 is 0. The van der Waals surface area contributed by atoms with Crippen molar-refractivity contribution in [2.45, 2.75) is 0 Å². The lowest BCUT2D eigenvalue weighted by Gasteiger charge is -2.08. The number of non-ortho nitro benzene ring substituents is 1. The molecule has 0 atom stereocenters. The van der Waals surface area contributed by atoms with E-state index in [0.29, 0.717) is 12.1 Å². The maximum absolute atomic E-state index is 12.2. The van der Waals surface area contributed by atoms with Crippen molar-refractivity contribution in [3.63, 3.8) is 0 Å². The van der Waals surface area contributed by atoms with E-state index in [9.17, 15) is 39.9 Å². The third kappa shape index (κ3) is 4.16. The van der Waals surface area contributed by atoms with Crippen LogP contribution in [0, 0.1) is 30.3 Å². The van der Waals surface area contributed by atoms with Gasteiger partial charge in [0.05, 0.1) is 26.9 Å². The first-order valence-electron chi connectivity index (χ1n) is 6.99. The zero-order chi connectivity index (χ0) is 20.1. The van der Waals surface area contributed by atoms with E-state index in [1.54, 1.807) is 18.2 Å². The number of nitrogens with zero attached hydrogens (tertiary/aromatic N) is 3. The molecule has 0 spiro atoms. The van der Waals surface area contributed by atoms with Crippen LogP contribution in [0.3, 0.4) is 0 Å². The second-order valence-electron chi connectivity index (χ2n) is 4.90. The number of benzene rings is 2. The van der Waals surface area contributed by atoms with Crippen molar-refractivity contribution in [1.29, 1.82) is 0 Å². The fraction of sp³-hybridized carbons (Fsp3) is 0. The van der Waals surface area contributed by atoms with E-state index in [-0.39, 0.29) is 5.56 Å². The smallest absolute Gasteiger partial charge is 0.267 e. The number of hydrogen-bond acceptors (Lipinski definition) is 8. The number of carbonyl (C=O) groups excluding carboxylic acids is 2. The van der Waals surface area contributed by atoms with Gasteiger partial charge in [-0.2, -0.15) is 0 Å². The van der Waals surface area contributed by atoms with Crippen molar-refractivity contribution in [1.82, 2.24) is 10.9 Å². The average Bonchev–Trinajstić information content (AvgIpc) is 2.65. The molecule has 13 heteroatoms. The molecule has 0 unspecified atom stereocenters. The van der Waals surface area contributed by atoms with Gasteiger partial charge in [-0.1, -0.05) is 18.2 Å². The molecular formula is C14H9N5O8. The number of rotatable bonds is 5. The highest BCUT2D eigenvalue weighted by Crippen LogP contribution is 2.33. The van der Waals surface area contributed by atoms with Crippen LogP contribution in [0.4, 0.5) is 17.1 Å². The standard InChI is InChI=1S/C14H9N5O8/c20-13(8-4-2-1-3-5-8)15-16-14(21)12-10(18(24)25)6-9(17(22)23)7-11(12)19(26)27/h1-7H,(H,15,20)(H,16,21). The first-order valence-corrected chi connectivity index (χ1v) is 6.99. The normalized spacial score (nSPS) is 9.93. The van der Waals surface area contributed by atoms with Gasteiger partial charge in [0.15, 0.2) is 5.56 Å². The Kier molecular flexibility index (Phi) is 5.35. The Balaban J connectivity index is 2.39. The predicted molar refractivity (Wildman–Crippen MR) is 87.8 cm³/mol. The number of hydrogen-bond donors (Lipinski definition) is 2. The Hall–Kier alpha value is -4.42. The van der Waals surface area contributed by atoms with Crippen molar-refractivity contribution < 1.29 is 24.4 Å². The molecule has 0 aliphatic carbocycles. The molecule has 2 N–H and O–H groups in total. The number of hydrazine groups is 1. The predicted octanol–water partition coefficient (Wildman–Crippen LogP) is 1.49. The van der Waals surface area contributed by atoms with Gasteiger partial charge in [0, 0.05) is 5.56 Å². The highest BCUT2D eigenvalue weighted by Gasteiger charge is 2.35. The van der Waals surface area contributed by atoms with Crippen molar-refractivity contribution in [2.75, 3.05) is 0 Å². The van der Waals surface area contributed by atoms with Gasteiger partial charge >= 0.3 is 0 Å². The molecule has 0 saturated carbocycles. The molecule has 0 heterocycles. The first-order chi connectivity index (χ1) is 12.7. The molecule has 0 radical (unpaired) electrons. The Morgan fingerprint density at radius 2 is 1.22 bits per heavy atom. The van der Waals surface area contributed by atoms with Crippen LogP contribution in [0.2, 0.25) is 0 Å². The second-order valence-corrected chi connectivity index (χ2v) is 4.90. The van der Waals surface area contributed by atoms with Crippen LogP contribution in [0.5, 0.6) is 0 Å². The molecule has 2 amide bonds. The summed E-state index contributed by atoms with van der Waals surface area (Å²) in [6, 6.07) is 8.39. The fourth-order valence-corrected chi connectivity index (χ4v) is 2.06. The molecular weight excluding hydrogens is 366 g/mol. The average molecular weight is 375 g/mol. The summed E-state index contributed by atoms with van der Waals surface area (Å²) in [6.45, 7) is 0. The van der Waals surface area contributed by atoms with Gasteiger partial charge < -0.3 is 0 Å². The van der Waals surface area contributed by atoms with Crippen LogP contribution >= 0.6 is 0 Å². The van der Waals surface area contributed by atoms with Gasteiger partial charge in [-0.3, -0.25) is 50.8 Å². The van der Waals surface area contributed by atoms with E-state index in [0.717, 1.165) is 0 Å². The van der Waals surface area contributed by atoms with Crippen LogP contribution in [-0.2, 0) is 0 Å². The van der Waals surface area contributed by atoms with Gasteiger partial charge in [0.25, 0.3) is 28.9 Å². The molecule has 27 heavy (non-hydrogen) atoms. The monoisotopic (exact) mass is 375 g/mol. The third-order valence-corrected chi connectivity index (χ3v) is 3.24. The van der Waals surface area contributed by atoms with Crippen molar-refractivity contribution in [3.8, 4) is 0 Å². The molecule has 0 aromatic heterocycles. The lowest BCUT2D eigenvalue weighted by atomic mass is 10.1. The molecule has 2 aromatic rings. The molecule has 0 fully saturated rings. The van der Waals surface area contributed by atoms with E-state index in [1.807, 2.05) is 10.9 Å². The fourth-order valence-electron chi connectivity index (χ4n) is 2.06. The van der Waals surface area contributed by atoms with E-state index < -0.39 is 49.2 Å². The molecule has 0 aliphatic rings. The van der Waals surface area contributed by atoms with Gasteiger partial charge in [0.1, 0.15) is 0 Å². The van der Waals surface area contributed by atoms with Gasteiger partial charge in [0.2, 0.25) is 0 Å².